The Bertz CT molecular complexity index is 449. The second-order valence-electron chi connectivity index (χ2n) is 3.96. The summed E-state index contributed by atoms with van der Waals surface area (Å²) in [6.07, 6.45) is 1.94. The summed E-state index contributed by atoms with van der Waals surface area (Å²) in [5, 5.41) is 18.6. The van der Waals surface area contributed by atoms with Crippen LogP contribution in [-0.4, -0.2) is 22.0 Å². The summed E-state index contributed by atoms with van der Waals surface area (Å²) in [5.41, 5.74) is 0.527. The Balaban J connectivity index is 3.18. The number of aromatic hydroxyl groups is 1. The number of carbonyl (C=O) groups excluding carboxylic acids is 1. The van der Waals surface area contributed by atoms with Crippen LogP contribution in [0.5, 0.6) is 5.75 Å². The van der Waals surface area contributed by atoms with Crippen LogP contribution in [0.25, 0.3) is 0 Å². The van der Waals surface area contributed by atoms with Gasteiger partial charge in [-0.25, -0.2) is 4.79 Å². The lowest BCUT2D eigenvalue weighted by atomic mass is 9.96. The summed E-state index contributed by atoms with van der Waals surface area (Å²) >= 11 is 0. The normalized spacial score (nSPS) is 10.2. The molecular weight excluding hydrogens is 220 g/mol. The van der Waals surface area contributed by atoms with E-state index in [1.165, 1.54) is 12.1 Å². The average molecular weight is 236 g/mol. The molecule has 0 amide bonds. The molecule has 0 heterocycles. The lowest BCUT2D eigenvalue weighted by Crippen LogP contribution is -2.08. The molecule has 1 aromatic rings. The number of phenols is 1. The van der Waals surface area contributed by atoms with Gasteiger partial charge in [0.2, 0.25) is 0 Å². The molecule has 0 aliphatic rings. The van der Waals surface area contributed by atoms with Crippen LogP contribution in [0.3, 0.4) is 0 Å². The topological polar surface area (TPSA) is 74.6 Å². The number of phenolic OH excluding ortho intramolecular Hbond substituents is 1. The predicted molar refractivity (Wildman–Crippen MR) is 63.7 cm³/mol. The molecule has 0 atom stereocenters. The second kappa shape index (κ2) is 5.48. The van der Waals surface area contributed by atoms with Crippen LogP contribution in [0.1, 0.15) is 52.5 Å². The fourth-order valence-corrected chi connectivity index (χ4v) is 1.74. The molecule has 0 saturated heterocycles. The number of benzene rings is 1. The van der Waals surface area contributed by atoms with Gasteiger partial charge >= 0.3 is 5.97 Å². The molecule has 4 heteroatoms. The first-order valence-corrected chi connectivity index (χ1v) is 5.58. The van der Waals surface area contributed by atoms with Gasteiger partial charge in [-0.15, -0.1) is 0 Å². The van der Waals surface area contributed by atoms with Crippen molar-refractivity contribution in [3.8, 4) is 5.75 Å². The van der Waals surface area contributed by atoms with E-state index in [4.69, 9.17) is 5.11 Å². The van der Waals surface area contributed by atoms with Gasteiger partial charge in [-0.2, -0.15) is 0 Å². The van der Waals surface area contributed by atoms with E-state index < -0.39 is 5.97 Å². The van der Waals surface area contributed by atoms with Gasteiger partial charge in [0.1, 0.15) is 5.75 Å². The number of carbonyl (C=O) groups is 2. The lowest BCUT2D eigenvalue weighted by molar-refractivity contribution is 0.0696. The fourth-order valence-electron chi connectivity index (χ4n) is 1.74. The van der Waals surface area contributed by atoms with E-state index in [-0.39, 0.29) is 22.7 Å². The van der Waals surface area contributed by atoms with Crippen molar-refractivity contribution in [1.82, 2.24) is 0 Å². The number of carboxylic acid groups (broad SMARTS) is 1. The summed E-state index contributed by atoms with van der Waals surface area (Å²) in [7, 11) is 0. The van der Waals surface area contributed by atoms with Crippen LogP contribution < -0.4 is 0 Å². The molecule has 0 fully saturated rings. The Morgan fingerprint density at radius 2 is 1.94 bits per heavy atom. The van der Waals surface area contributed by atoms with Gasteiger partial charge in [-0.1, -0.05) is 13.3 Å². The van der Waals surface area contributed by atoms with Crippen LogP contribution in [0.4, 0.5) is 0 Å². The zero-order valence-electron chi connectivity index (χ0n) is 9.99. The van der Waals surface area contributed by atoms with Crippen LogP contribution in [-0.2, 0) is 0 Å². The second-order valence-corrected chi connectivity index (χ2v) is 3.96. The third-order valence-electron chi connectivity index (χ3n) is 2.71. The average Bonchev–Trinajstić information content (AvgIpc) is 2.25. The first-order valence-electron chi connectivity index (χ1n) is 5.58. The van der Waals surface area contributed by atoms with Crippen molar-refractivity contribution >= 4 is 11.8 Å². The van der Waals surface area contributed by atoms with E-state index in [9.17, 15) is 14.7 Å². The highest BCUT2D eigenvalue weighted by Crippen LogP contribution is 2.26. The van der Waals surface area contributed by atoms with Gasteiger partial charge < -0.3 is 10.2 Å². The van der Waals surface area contributed by atoms with Gasteiger partial charge in [-0.05, 0) is 31.0 Å². The van der Waals surface area contributed by atoms with E-state index in [0.717, 1.165) is 12.8 Å². The third-order valence-corrected chi connectivity index (χ3v) is 2.71. The quantitative estimate of drug-likeness (QED) is 0.771. The molecule has 0 bridgehead atoms. The van der Waals surface area contributed by atoms with Crippen LogP contribution >= 0.6 is 0 Å². The molecule has 17 heavy (non-hydrogen) atoms. The van der Waals surface area contributed by atoms with Gasteiger partial charge in [0.25, 0.3) is 0 Å². The maximum atomic E-state index is 11.9. The first kappa shape index (κ1) is 13.2. The minimum Gasteiger partial charge on any atom is -0.507 e. The van der Waals surface area contributed by atoms with Crippen molar-refractivity contribution in [2.75, 3.05) is 0 Å². The zero-order chi connectivity index (χ0) is 13.0. The molecule has 1 aromatic carbocycles. The van der Waals surface area contributed by atoms with Gasteiger partial charge in [0.15, 0.2) is 5.78 Å². The molecule has 0 aliphatic heterocycles. The minimum absolute atomic E-state index is 0.0580. The van der Waals surface area contributed by atoms with Crippen molar-refractivity contribution in [1.29, 1.82) is 0 Å². The highest BCUT2D eigenvalue weighted by Gasteiger charge is 2.19. The van der Waals surface area contributed by atoms with E-state index in [2.05, 4.69) is 0 Å². The molecule has 4 nitrogen and oxygen atoms in total. The van der Waals surface area contributed by atoms with Gasteiger partial charge in [-0.3, -0.25) is 4.79 Å². The third kappa shape index (κ3) is 2.84. The van der Waals surface area contributed by atoms with Crippen LogP contribution in [0, 0.1) is 6.92 Å². The number of aromatic carboxylic acids is 1. The maximum Gasteiger partial charge on any atom is 0.335 e. The molecule has 0 aliphatic carbocycles. The Kier molecular flexibility index (Phi) is 4.26. The van der Waals surface area contributed by atoms with Crippen molar-refractivity contribution in [3.05, 3.63) is 28.8 Å². The van der Waals surface area contributed by atoms with E-state index in [1.54, 1.807) is 6.92 Å². The highest BCUT2D eigenvalue weighted by molar-refractivity contribution is 6.03. The Labute approximate surface area is 99.9 Å². The summed E-state index contributed by atoms with van der Waals surface area (Å²) in [6, 6.07) is 2.57. The summed E-state index contributed by atoms with van der Waals surface area (Å²) < 4.78 is 0. The fraction of sp³-hybridized carbons (Fsp3) is 0.385. The zero-order valence-corrected chi connectivity index (χ0v) is 9.99. The monoisotopic (exact) mass is 236 g/mol. The molecule has 92 valence electrons. The molecule has 0 aromatic heterocycles. The number of hydrogen-bond donors (Lipinski definition) is 2. The van der Waals surface area contributed by atoms with E-state index >= 15 is 0 Å². The number of carboxylic acids is 1. The van der Waals surface area contributed by atoms with Crippen LogP contribution in [0.2, 0.25) is 0 Å². The minimum atomic E-state index is -1.09. The Morgan fingerprint density at radius 3 is 2.47 bits per heavy atom. The molecule has 0 spiro atoms. The summed E-state index contributed by atoms with van der Waals surface area (Å²) in [6.45, 7) is 3.51. The largest absolute Gasteiger partial charge is 0.507 e. The summed E-state index contributed by atoms with van der Waals surface area (Å²) in [4.78, 5) is 22.8. The van der Waals surface area contributed by atoms with E-state index in [1.807, 2.05) is 6.92 Å². The lowest BCUT2D eigenvalue weighted by Gasteiger charge is -2.09. The van der Waals surface area contributed by atoms with Crippen molar-refractivity contribution in [3.63, 3.8) is 0 Å². The number of ketones is 1. The van der Waals surface area contributed by atoms with Crippen LogP contribution in [0.15, 0.2) is 12.1 Å². The van der Waals surface area contributed by atoms with Gasteiger partial charge in [0, 0.05) is 6.42 Å². The Hall–Kier alpha value is -1.84. The molecule has 2 N–H and O–H groups in total. The number of Topliss-reactive ketones (excluding diaryl/α,β-unsaturated/α-hetero) is 1. The molecule has 0 saturated carbocycles. The number of unbranched alkanes of at least 4 members (excludes halogenated alkanes) is 1. The first-order chi connectivity index (χ1) is 7.99. The summed E-state index contributed by atoms with van der Waals surface area (Å²) in [5.74, 6) is -1.44. The molecule has 0 radical (unpaired) electrons. The molecule has 0 unspecified atom stereocenters. The highest BCUT2D eigenvalue weighted by atomic mass is 16.4. The number of hydrogen-bond acceptors (Lipinski definition) is 3. The maximum absolute atomic E-state index is 11.9. The predicted octanol–water partition coefficient (Wildman–Crippen LogP) is 2.77. The van der Waals surface area contributed by atoms with Crippen molar-refractivity contribution in [2.24, 2.45) is 0 Å². The standard InChI is InChI=1S/C13H16O4/c1-3-4-5-10(14)12-8(2)9(13(16)17)6-7-11(12)15/h6-7,15H,3-5H2,1-2H3,(H,16,17). The smallest absolute Gasteiger partial charge is 0.335 e. The molecular formula is C13H16O4. The van der Waals surface area contributed by atoms with E-state index in [0.29, 0.717) is 12.0 Å². The molecule has 1 rings (SSSR count). The van der Waals surface area contributed by atoms with Crippen molar-refractivity contribution < 1.29 is 19.8 Å². The Morgan fingerprint density at radius 1 is 1.29 bits per heavy atom. The SMILES string of the molecule is CCCCC(=O)c1c(O)ccc(C(=O)O)c1C. The van der Waals surface area contributed by atoms with Crippen molar-refractivity contribution in [2.45, 2.75) is 33.1 Å². The van der Waals surface area contributed by atoms with Gasteiger partial charge in [0.05, 0.1) is 11.1 Å². The number of rotatable bonds is 5.